The van der Waals surface area contributed by atoms with Crippen molar-refractivity contribution in [1.82, 2.24) is 5.32 Å². The molecule has 1 amide bonds. The van der Waals surface area contributed by atoms with Gasteiger partial charge in [0.15, 0.2) is 0 Å². The van der Waals surface area contributed by atoms with Gasteiger partial charge >= 0.3 is 0 Å². The zero-order chi connectivity index (χ0) is 13.7. The fraction of sp³-hybridized carbons (Fsp3) is 0.909. The molecule has 3 nitrogen and oxygen atoms in total. The standard InChI is InChI=1S/C11H20Cl3NO2/c1-4-5-6-7-8(10(2,3)17)15-9(16)11(12,13)14/h8,17H,4-7H2,1-3H3,(H,15,16)/t8-/m0/s1. The highest BCUT2D eigenvalue weighted by atomic mass is 35.6. The van der Waals surface area contributed by atoms with Gasteiger partial charge in [-0.25, -0.2) is 0 Å². The van der Waals surface area contributed by atoms with Crippen molar-refractivity contribution in [2.45, 2.75) is 61.9 Å². The number of rotatable bonds is 6. The van der Waals surface area contributed by atoms with Crippen LogP contribution in [-0.4, -0.2) is 26.4 Å². The summed E-state index contributed by atoms with van der Waals surface area (Å²) >= 11 is 16.4. The lowest BCUT2D eigenvalue weighted by molar-refractivity contribution is -0.123. The zero-order valence-corrected chi connectivity index (χ0v) is 12.7. The van der Waals surface area contributed by atoms with Gasteiger partial charge in [0, 0.05) is 0 Å². The van der Waals surface area contributed by atoms with Crippen molar-refractivity contribution in [2.24, 2.45) is 0 Å². The molecule has 0 aliphatic heterocycles. The molecule has 102 valence electrons. The van der Waals surface area contributed by atoms with Gasteiger partial charge in [0.05, 0.1) is 11.6 Å². The van der Waals surface area contributed by atoms with Crippen LogP contribution in [0.2, 0.25) is 0 Å². The molecule has 0 fully saturated rings. The van der Waals surface area contributed by atoms with E-state index in [1.54, 1.807) is 13.8 Å². The summed E-state index contributed by atoms with van der Waals surface area (Å²) in [6, 6.07) is -0.419. The van der Waals surface area contributed by atoms with Crippen LogP contribution in [0.15, 0.2) is 0 Å². The predicted molar refractivity (Wildman–Crippen MR) is 72.7 cm³/mol. The summed E-state index contributed by atoms with van der Waals surface area (Å²) in [7, 11) is 0. The Labute approximate surface area is 118 Å². The van der Waals surface area contributed by atoms with E-state index in [9.17, 15) is 9.90 Å². The van der Waals surface area contributed by atoms with Gasteiger partial charge in [0.25, 0.3) is 9.70 Å². The van der Waals surface area contributed by atoms with Crippen molar-refractivity contribution in [3.8, 4) is 0 Å². The maximum atomic E-state index is 11.5. The third kappa shape index (κ3) is 7.35. The van der Waals surface area contributed by atoms with Gasteiger partial charge in [0.2, 0.25) is 0 Å². The average molecular weight is 305 g/mol. The molecule has 0 saturated carbocycles. The first-order chi connectivity index (χ1) is 7.59. The van der Waals surface area contributed by atoms with Gasteiger partial charge in [0.1, 0.15) is 0 Å². The third-order valence-corrected chi connectivity index (χ3v) is 3.03. The van der Waals surface area contributed by atoms with Crippen LogP contribution in [0, 0.1) is 0 Å². The lowest BCUT2D eigenvalue weighted by atomic mass is 9.93. The minimum atomic E-state index is -1.99. The Hall–Kier alpha value is 0.300. The molecule has 0 rings (SSSR count). The first-order valence-electron chi connectivity index (χ1n) is 5.69. The molecule has 2 N–H and O–H groups in total. The molecule has 0 aromatic rings. The molecule has 0 bridgehead atoms. The molecule has 0 aliphatic rings. The molecule has 0 heterocycles. The normalized spacial score (nSPS) is 14.5. The summed E-state index contributed by atoms with van der Waals surface area (Å²) in [4.78, 5) is 11.5. The van der Waals surface area contributed by atoms with E-state index in [4.69, 9.17) is 34.8 Å². The highest BCUT2D eigenvalue weighted by molar-refractivity contribution is 6.76. The first-order valence-corrected chi connectivity index (χ1v) is 6.82. The Morgan fingerprint density at radius 2 is 1.82 bits per heavy atom. The fourth-order valence-corrected chi connectivity index (χ4v) is 1.60. The van der Waals surface area contributed by atoms with E-state index in [0.717, 1.165) is 19.3 Å². The molecular weight excluding hydrogens is 284 g/mol. The Bertz CT molecular complexity index is 246. The molecule has 6 heteroatoms. The molecule has 0 aromatic heterocycles. The smallest absolute Gasteiger partial charge is 0.272 e. The second-order valence-corrected chi connectivity index (χ2v) is 6.95. The molecule has 0 spiro atoms. The number of carbonyl (C=O) groups excluding carboxylic acids is 1. The van der Waals surface area contributed by atoms with Gasteiger partial charge in [-0.1, -0.05) is 61.0 Å². The van der Waals surface area contributed by atoms with E-state index in [0.29, 0.717) is 6.42 Å². The lowest BCUT2D eigenvalue weighted by Gasteiger charge is -2.31. The predicted octanol–water partition coefficient (Wildman–Crippen LogP) is 3.19. The highest BCUT2D eigenvalue weighted by Gasteiger charge is 2.35. The van der Waals surface area contributed by atoms with E-state index in [2.05, 4.69) is 12.2 Å². The molecule has 17 heavy (non-hydrogen) atoms. The topological polar surface area (TPSA) is 49.3 Å². The number of nitrogens with one attached hydrogen (secondary N) is 1. The quantitative estimate of drug-likeness (QED) is 0.585. The Kier molecular flexibility index (Phi) is 7.15. The van der Waals surface area contributed by atoms with E-state index < -0.39 is 21.3 Å². The molecular formula is C11H20Cl3NO2. The van der Waals surface area contributed by atoms with Crippen molar-refractivity contribution in [3.05, 3.63) is 0 Å². The number of alkyl halides is 3. The van der Waals surface area contributed by atoms with Gasteiger partial charge < -0.3 is 10.4 Å². The maximum Gasteiger partial charge on any atom is 0.272 e. The molecule has 0 saturated heterocycles. The average Bonchev–Trinajstić information content (AvgIpc) is 2.13. The van der Waals surface area contributed by atoms with Crippen molar-refractivity contribution in [1.29, 1.82) is 0 Å². The first kappa shape index (κ1) is 17.3. The Morgan fingerprint density at radius 1 is 1.29 bits per heavy atom. The second-order valence-electron chi connectivity index (χ2n) is 4.67. The summed E-state index contributed by atoms with van der Waals surface area (Å²) in [5.74, 6) is -0.703. The molecule has 0 unspecified atom stereocenters. The highest BCUT2D eigenvalue weighted by Crippen LogP contribution is 2.27. The number of hydrogen-bond acceptors (Lipinski definition) is 2. The SMILES string of the molecule is CCCCC[C@H](NC(=O)C(Cl)(Cl)Cl)C(C)(C)O. The van der Waals surface area contributed by atoms with Crippen molar-refractivity contribution >= 4 is 40.7 Å². The number of carbonyl (C=O) groups is 1. The van der Waals surface area contributed by atoms with Gasteiger partial charge in [-0.3, -0.25) is 4.79 Å². The van der Waals surface area contributed by atoms with Crippen LogP contribution in [0.1, 0.15) is 46.5 Å². The van der Waals surface area contributed by atoms with Crippen LogP contribution in [-0.2, 0) is 4.79 Å². The summed E-state index contributed by atoms with van der Waals surface area (Å²) < 4.78 is -1.99. The second kappa shape index (κ2) is 7.03. The molecule has 0 radical (unpaired) electrons. The third-order valence-electron chi connectivity index (χ3n) is 2.51. The number of amides is 1. The molecule has 0 aromatic carbocycles. The maximum absolute atomic E-state index is 11.5. The summed E-state index contributed by atoms with van der Waals surface area (Å²) in [6.45, 7) is 5.34. The lowest BCUT2D eigenvalue weighted by Crippen LogP contribution is -2.52. The monoisotopic (exact) mass is 303 g/mol. The molecule has 0 aliphatic carbocycles. The zero-order valence-electron chi connectivity index (χ0n) is 10.4. The van der Waals surface area contributed by atoms with E-state index in [-0.39, 0.29) is 0 Å². The summed E-state index contributed by atoms with van der Waals surface area (Å²) in [6.07, 6.45) is 3.67. The van der Waals surface area contributed by atoms with Crippen LogP contribution in [0.25, 0.3) is 0 Å². The van der Waals surface area contributed by atoms with Crippen LogP contribution >= 0.6 is 34.8 Å². The van der Waals surface area contributed by atoms with Crippen LogP contribution in [0.4, 0.5) is 0 Å². The van der Waals surface area contributed by atoms with Crippen LogP contribution in [0.3, 0.4) is 0 Å². The van der Waals surface area contributed by atoms with Gasteiger partial charge in [-0.2, -0.15) is 0 Å². The van der Waals surface area contributed by atoms with E-state index >= 15 is 0 Å². The Balaban J connectivity index is 4.46. The van der Waals surface area contributed by atoms with Gasteiger partial charge in [-0.05, 0) is 20.3 Å². The largest absolute Gasteiger partial charge is 0.388 e. The van der Waals surface area contributed by atoms with Crippen molar-refractivity contribution in [2.75, 3.05) is 0 Å². The minimum Gasteiger partial charge on any atom is -0.388 e. The number of halogens is 3. The van der Waals surface area contributed by atoms with Gasteiger partial charge in [-0.15, -0.1) is 0 Å². The minimum absolute atomic E-state index is 0.419. The van der Waals surface area contributed by atoms with Crippen molar-refractivity contribution in [3.63, 3.8) is 0 Å². The van der Waals surface area contributed by atoms with Crippen LogP contribution in [0.5, 0.6) is 0 Å². The number of unbranched alkanes of at least 4 members (excludes halogenated alkanes) is 2. The molecule has 1 atom stereocenters. The Morgan fingerprint density at radius 3 is 2.18 bits per heavy atom. The van der Waals surface area contributed by atoms with E-state index in [1.807, 2.05) is 0 Å². The summed E-state index contributed by atoms with van der Waals surface area (Å²) in [5.41, 5.74) is -1.04. The fourth-order valence-electron chi connectivity index (χ4n) is 1.44. The number of hydrogen-bond donors (Lipinski definition) is 2. The summed E-state index contributed by atoms with van der Waals surface area (Å²) in [5, 5.41) is 12.5. The number of aliphatic hydroxyl groups is 1. The van der Waals surface area contributed by atoms with Crippen molar-refractivity contribution < 1.29 is 9.90 Å². The van der Waals surface area contributed by atoms with Crippen LogP contribution < -0.4 is 5.32 Å². The van der Waals surface area contributed by atoms with E-state index in [1.165, 1.54) is 0 Å².